The molecule has 1 aliphatic heterocycles. The molecule has 0 amide bonds. The Labute approximate surface area is 72.7 Å². The summed E-state index contributed by atoms with van der Waals surface area (Å²) in [6, 6.07) is 0. The number of hydrogen-bond acceptors (Lipinski definition) is 2. The Morgan fingerprint density at radius 1 is 1.50 bits per heavy atom. The lowest BCUT2D eigenvalue weighted by Gasteiger charge is -2.17. The highest BCUT2D eigenvalue weighted by Crippen LogP contribution is 2.29. The Morgan fingerprint density at radius 2 is 2.08 bits per heavy atom. The van der Waals surface area contributed by atoms with Crippen LogP contribution in [0.1, 0.15) is 27.2 Å². The molecule has 0 radical (unpaired) electrons. The summed E-state index contributed by atoms with van der Waals surface area (Å²) in [6.45, 7) is 5.73. The van der Waals surface area contributed by atoms with Gasteiger partial charge >= 0.3 is 0 Å². The number of alkyl halides is 1. The van der Waals surface area contributed by atoms with Crippen LogP contribution in [0.15, 0.2) is 0 Å². The Morgan fingerprint density at radius 3 is 2.33 bits per heavy atom. The Bertz CT molecular complexity index is 149. The summed E-state index contributed by atoms with van der Waals surface area (Å²) in [6.07, 6.45) is -2.25. The standard InChI is InChI=1S/C9H17FO2/c1-4-6-7(10)8(11)9(12-6)5(2)3/h5-9,11H,4H2,1-3H3/t6-,7+,8+,9+/m0/s1. The molecule has 1 N–H and O–H groups in total. The number of ether oxygens (including phenoxy) is 1. The molecular formula is C9H17FO2. The van der Waals surface area contributed by atoms with Crippen molar-refractivity contribution >= 4 is 0 Å². The maximum Gasteiger partial charge on any atom is 0.154 e. The predicted octanol–water partition coefficient (Wildman–Crippen LogP) is 1.52. The largest absolute Gasteiger partial charge is 0.387 e. The average molecular weight is 176 g/mol. The van der Waals surface area contributed by atoms with Gasteiger partial charge < -0.3 is 9.84 Å². The fourth-order valence-electron chi connectivity index (χ4n) is 1.63. The van der Waals surface area contributed by atoms with Crippen molar-refractivity contribution in [3.8, 4) is 0 Å². The van der Waals surface area contributed by atoms with Crippen molar-refractivity contribution in [3.63, 3.8) is 0 Å². The van der Waals surface area contributed by atoms with Gasteiger partial charge in [0.25, 0.3) is 0 Å². The minimum atomic E-state index is -1.21. The van der Waals surface area contributed by atoms with Crippen LogP contribution in [0.2, 0.25) is 0 Å². The van der Waals surface area contributed by atoms with Gasteiger partial charge in [0, 0.05) is 0 Å². The lowest BCUT2D eigenvalue weighted by molar-refractivity contribution is -0.0175. The van der Waals surface area contributed by atoms with Crippen molar-refractivity contribution in [2.75, 3.05) is 0 Å². The molecule has 72 valence electrons. The van der Waals surface area contributed by atoms with Crippen LogP contribution in [-0.2, 0) is 4.74 Å². The first kappa shape index (κ1) is 9.93. The van der Waals surface area contributed by atoms with E-state index in [0.717, 1.165) is 0 Å². The van der Waals surface area contributed by atoms with Crippen LogP contribution < -0.4 is 0 Å². The molecule has 0 aromatic heterocycles. The molecule has 1 heterocycles. The van der Waals surface area contributed by atoms with Crippen molar-refractivity contribution in [1.29, 1.82) is 0 Å². The van der Waals surface area contributed by atoms with Crippen LogP contribution in [0.5, 0.6) is 0 Å². The normalized spacial score (nSPS) is 42.5. The summed E-state index contributed by atoms with van der Waals surface area (Å²) in [7, 11) is 0. The quantitative estimate of drug-likeness (QED) is 0.691. The van der Waals surface area contributed by atoms with Crippen LogP contribution in [0.25, 0.3) is 0 Å². The second-order valence-electron chi connectivity index (χ2n) is 3.73. The minimum absolute atomic E-state index is 0.176. The van der Waals surface area contributed by atoms with Crippen LogP contribution in [0.4, 0.5) is 4.39 Å². The van der Waals surface area contributed by atoms with Crippen LogP contribution in [0, 0.1) is 5.92 Å². The van der Waals surface area contributed by atoms with Gasteiger partial charge in [0.05, 0.1) is 12.2 Å². The molecule has 1 rings (SSSR count). The van der Waals surface area contributed by atoms with E-state index < -0.39 is 18.4 Å². The van der Waals surface area contributed by atoms with E-state index in [2.05, 4.69) is 0 Å². The third-order valence-electron chi connectivity index (χ3n) is 2.41. The van der Waals surface area contributed by atoms with E-state index in [-0.39, 0.29) is 12.0 Å². The topological polar surface area (TPSA) is 29.5 Å². The second kappa shape index (κ2) is 3.71. The molecule has 3 heteroatoms. The van der Waals surface area contributed by atoms with Gasteiger partial charge in [-0.15, -0.1) is 0 Å². The molecule has 1 saturated heterocycles. The van der Waals surface area contributed by atoms with E-state index in [1.165, 1.54) is 0 Å². The Balaban J connectivity index is 2.60. The third-order valence-corrected chi connectivity index (χ3v) is 2.41. The van der Waals surface area contributed by atoms with Gasteiger partial charge in [0.15, 0.2) is 6.17 Å². The molecule has 0 bridgehead atoms. The fourth-order valence-corrected chi connectivity index (χ4v) is 1.63. The molecule has 0 unspecified atom stereocenters. The van der Waals surface area contributed by atoms with E-state index in [1.54, 1.807) is 0 Å². The molecule has 1 aliphatic rings. The number of rotatable bonds is 2. The van der Waals surface area contributed by atoms with Crippen LogP contribution in [0.3, 0.4) is 0 Å². The van der Waals surface area contributed by atoms with E-state index in [1.807, 2.05) is 20.8 Å². The Hall–Kier alpha value is -0.150. The van der Waals surface area contributed by atoms with Crippen LogP contribution >= 0.6 is 0 Å². The minimum Gasteiger partial charge on any atom is -0.387 e. The molecule has 4 atom stereocenters. The summed E-state index contributed by atoms with van der Waals surface area (Å²) in [5.74, 6) is 0.176. The first-order chi connectivity index (χ1) is 5.57. The van der Waals surface area contributed by atoms with Crippen molar-refractivity contribution < 1.29 is 14.2 Å². The highest BCUT2D eigenvalue weighted by Gasteiger charge is 2.44. The highest BCUT2D eigenvalue weighted by molar-refractivity contribution is 4.91. The number of halogens is 1. The molecule has 12 heavy (non-hydrogen) atoms. The van der Waals surface area contributed by atoms with Crippen LogP contribution in [-0.4, -0.2) is 29.6 Å². The maximum atomic E-state index is 13.2. The lowest BCUT2D eigenvalue weighted by Crippen LogP contribution is -2.31. The number of hydrogen-bond donors (Lipinski definition) is 1. The number of aliphatic hydroxyl groups is 1. The summed E-state index contributed by atoms with van der Waals surface area (Å²) in [4.78, 5) is 0. The van der Waals surface area contributed by atoms with Crippen molar-refractivity contribution in [3.05, 3.63) is 0 Å². The summed E-state index contributed by atoms with van der Waals surface area (Å²) < 4.78 is 18.6. The molecular weight excluding hydrogens is 159 g/mol. The zero-order valence-corrected chi connectivity index (χ0v) is 7.83. The molecule has 0 aliphatic carbocycles. The van der Waals surface area contributed by atoms with Gasteiger partial charge in [-0.3, -0.25) is 0 Å². The smallest absolute Gasteiger partial charge is 0.154 e. The first-order valence-electron chi connectivity index (χ1n) is 4.55. The van der Waals surface area contributed by atoms with E-state index in [0.29, 0.717) is 6.42 Å². The number of aliphatic hydroxyl groups excluding tert-OH is 1. The SMILES string of the molecule is CC[C@@H]1O[C@H](C(C)C)[C@H](O)[C@@H]1F. The summed E-state index contributed by atoms with van der Waals surface area (Å²) >= 11 is 0. The average Bonchev–Trinajstić information content (AvgIpc) is 2.30. The highest BCUT2D eigenvalue weighted by atomic mass is 19.1. The zero-order valence-electron chi connectivity index (χ0n) is 7.83. The second-order valence-corrected chi connectivity index (χ2v) is 3.73. The molecule has 2 nitrogen and oxygen atoms in total. The van der Waals surface area contributed by atoms with Gasteiger partial charge in [-0.2, -0.15) is 0 Å². The van der Waals surface area contributed by atoms with E-state index in [9.17, 15) is 9.50 Å². The molecule has 0 aromatic rings. The fraction of sp³-hybridized carbons (Fsp3) is 1.00. The Kier molecular flexibility index (Phi) is 3.07. The van der Waals surface area contributed by atoms with Crippen molar-refractivity contribution in [2.24, 2.45) is 5.92 Å². The first-order valence-corrected chi connectivity index (χ1v) is 4.55. The van der Waals surface area contributed by atoms with E-state index >= 15 is 0 Å². The maximum absolute atomic E-state index is 13.2. The third kappa shape index (κ3) is 1.62. The molecule has 0 aromatic carbocycles. The van der Waals surface area contributed by atoms with Gasteiger partial charge in [0.2, 0.25) is 0 Å². The predicted molar refractivity (Wildman–Crippen MR) is 44.7 cm³/mol. The summed E-state index contributed by atoms with van der Waals surface area (Å²) in [5.41, 5.74) is 0. The zero-order chi connectivity index (χ0) is 9.30. The van der Waals surface area contributed by atoms with Gasteiger partial charge in [0.1, 0.15) is 6.10 Å². The monoisotopic (exact) mass is 176 g/mol. The van der Waals surface area contributed by atoms with Crippen molar-refractivity contribution in [1.82, 2.24) is 0 Å². The van der Waals surface area contributed by atoms with E-state index in [4.69, 9.17) is 4.74 Å². The summed E-state index contributed by atoms with van der Waals surface area (Å²) in [5, 5.41) is 9.43. The van der Waals surface area contributed by atoms with Crippen molar-refractivity contribution in [2.45, 2.75) is 51.7 Å². The van der Waals surface area contributed by atoms with Gasteiger partial charge in [-0.1, -0.05) is 20.8 Å². The molecule has 0 spiro atoms. The lowest BCUT2D eigenvalue weighted by atomic mass is 10.00. The van der Waals surface area contributed by atoms with Gasteiger partial charge in [-0.25, -0.2) is 4.39 Å². The molecule has 1 fully saturated rings. The van der Waals surface area contributed by atoms with Gasteiger partial charge in [-0.05, 0) is 12.3 Å². The molecule has 0 saturated carbocycles.